The van der Waals surface area contributed by atoms with Crippen LogP contribution in [0, 0.1) is 5.92 Å². The number of sulfonamides is 1. The van der Waals surface area contributed by atoms with E-state index in [1.165, 1.54) is 31.2 Å². The predicted molar refractivity (Wildman–Crippen MR) is 153 cm³/mol. The minimum Gasteiger partial charge on any atom is -0.494 e. The fraction of sp³-hybridized carbons (Fsp3) is 0.419. The van der Waals surface area contributed by atoms with Crippen molar-refractivity contribution in [3.05, 3.63) is 76.1 Å². The van der Waals surface area contributed by atoms with Crippen molar-refractivity contribution in [2.45, 2.75) is 70.0 Å². The van der Waals surface area contributed by atoms with Crippen LogP contribution in [0.5, 0.6) is 5.75 Å². The van der Waals surface area contributed by atoms with Gasteiger partial charge in [0.15, 0.2) is 0 Å². The maximum Gasteiger partial charge on any atom is 0.270 e. The molecule has 0 radical (unpaired) electrons. The molecule has 0 spiro atoms. The number of rotatable bonds is 13. The lowest BCUT2D eigenvalue weighted by Crippen LogP contribution is -2.37. The molecule has 3 aromatic rings. The summed E-state index contributed by atoms with van der Waals surface area (Å²) < 4.78 is 32.9. The van der Waals surface area contributed by atoms with E-state index < -0.39 is 26.7 Å². The van der Waals surface area contributed by atoms with Crippen molar-refractivity contribution in [2.24, 2.45) is 5.92 Å². The highest BCUT2D eigenvalue weighted by Crippen LogP contribution is 2.34. The SMILES string of the molecule is CCCCCCOc1ccc(-c2cc(-c3ccc(CC4CC4)cc3)c(C(=O)NS(=O)(=O)C3CC3)c(=O)[nH]2)cc1. The van der Waals surface area contributed by atoms with Crippen LogP contribution in [0.1, 0.15) is 74.2 Å². The first kappa shape index (κ1) is 27.2. The first-order valence-electron chi connectivity index (χ1n) is 14.0. The molecule has 1 aromatic heterocycles. The number of benzene rings is 2. The fourth-order valence-corrected chi connectivity index (χ4v) is 6.02. The molecule has 2 aromatic carbocycles. The molecular formula is C31H36N2O5S. The lowest BCUT2D eigenvalue weighted by molar-refractivity contribution is 0.0980. The molecule has 1 heterocycles. The van der Waals surface area contributed by atoms with Crippen LogP contribution in [-0.2, 0) is 16.4 Å². The number of unbranched alkanes of at least 4 members (excludes halogenated alkanes) is 3. The van der Waals surface area contributed by atoms with E-state index in [2.05, 4.69) is 16.6 Å². The molecule has 2 fully saturated rings. The van der Waals surface area contributed by atoms with E-state index in [0.717, 1.165) is 36.5 Å². The van der Waals surface area contributed by atoms with Crippen molar-refractivity contribution in [3.8, 4) is 28.1 Å². The van der Waals surface area contributed by atoms with Crippen molar-refractivity contribution in [3.63, 3.8) is 0 Å². The molecule has 2 N–H and O–H groups in total. The second kappa shape index (κ2) is 11.8. The number of H-pyrrole nitrogens is 1. The maximum atomic E-state index is 13.3. The molecule has 2 aliphatic carbocycles. The lowest BCUT2D eigenvalue weighted by atomic mass is 9.96. The number of ether oxygens (including phenoxy) is 1. The Morgan fingerprint density at radius 3 is 2.28 bits per heavy atom. The molecule has 0 aliphatic heterocycles. The van der Waals surface area contributed by atoms with E-state index in [-0.39, 0.29) is 5.56 Å². The highest BCUT2D eigenvalue weighted by molar-refractivity contribution is 7.91. The number of nitrogens with one attached hydrogen (secondary N) is 2. The van der Waals surface area contributed by atoms with Gasteiger partial charge in [-0.3, -0.25) is 9.59 Å². The van der Waals surface area contributed by atoms with Gasteiger partial charge < -0.3 is 9.72 Å². The molecule has 5 rings (SSSR count). The Morgan fingerprint density at radius 1 is 0.949 bits per heavy atom. The van der Waals surface area contributed by atoms with Gasteiger partial charge in [-0.05, 0) is 91.5 Å². The van der Waals surface area contributed by atoms with E-state index in [0.29, 0.717) is 36.3 Å². The smallest absolute Gasteiger partial charge is 0.270 e. The van der Waals surface area contributed by atoms with Gasteiger partial charge in [-0.1, -0.05) is 50.5 Å². The van der Waals surface area contributed by atoms with Gasteiger partial charge in [0.25, 0.3) is 11.5 Å². The first-order chi connectivity index (χ1) is 18.8. The Kier molecular flexibility index (Phi) is 8.21. The number of pyridine rings is 1. The number of carbonyl (C=O) groups excluding carboxylic acids is 1. The summed E-state index contributed by atoms with van der Waals surface area (Å²) in [4.78, 5) is 29.3. The lowest BCUT2D eigenvalue weighted by Gasteiger charge is -2.13. The first-order valence-corrected chi connectivity index (χ1v) is 15.5. The van der Waals surface area contributed by atoms with Crippen LogP contribution in [0.15, 0.2) is 59.4 Å². The van der Waals surface area contributed by atoms with E-state index in [4.69, 9.17) is 4.74 Å². The average molecular weight is 549 g/mol. The molecule has 0 saturated heterocycles. The summed E-state index contributed by atoms with van der Waals surface area (Å²) in [6.45, 7) is 2.83. The number of amides is 1. The van der Waals surface area contributed by atoms with Crippen LogP contribution in [0.2, 0.25) is 0 Å². The Morgan fingerprint density at radius 2 is 1.64 bits per heavy atom. The van der Waals surface area contributed by atoms with Gasteiger partial charge in [-0.2, -0.15) is 0 Å². The molecule has 7 nitrogen and oxygen atoms in total. The van der Waals surface area contributed by atoms with Crippen molar-refractivity contribution >= 4 is 15.9 Å². The van der Waals surface area contributed by atoms with Crippen LogP contribution in [0.4, 0.5) is 0 Å². The van der Waals surface area contributed by atoms with Crippen LogP contribution in [0.3, 0.4) is 0 Å². The molecule has 1 amide bonds. The number of hydrogen-bond acceptors (Lipinski definition) is 5. The second-order valence-corrected chi connectivity index (χ2v) is 12.7. The highest BCUT2D eigenvalue weighted by Gasteiger charge is 2.37. The van der Waals surface area contributed by atoms with Crippen molar-refractivity contribution in [1.29, 1.82) is 0 Å². The standard InChI is InChI=1S/C31H36N2O5S/c1-2-3-4-5-18-38-25-14-12-24(13-15-25)28-20-27(23-10-8-22(9-11-23)19-21-6-7-21)29(30(34)32-28)31(35)33-39(36,37)26-16-17-26/h8-15,20-21,26H,2-7,16-19H2,1H3,(H,32,34)(H,33,35). The summed E-state index contributed by atoms with van der Waals surface area (Å²) in [6, 6.07) is 17.0. The maximum absolute atomic E-state index is 13.3. The summed E-state index contributed by atoms with van der Waals surface area (Å²) in [5.74, 6) is 0.586. The normalized spacial score (nSPS) is 15.2. The van der Waals surface area contributed by atoms with Gasteiger partial charge in [0.1, 0.15) is 11.3 Å². The quantitative estimate of drug-likeness (QED) is 0.261. The van der Waals surface area contributed by atoms with E-state index in [1.54, 1.807) is 6.07 Å². The predicted octanol–water partition coefficient (Wildman–Crippen LogP) is 5.84. The van der Waals surface area contributed by atoms with Crippen molar-refractivity contribution < 1.29 is 17.9 Å². The zero-order valence-electron chi connectivity index (χ0n) is 22.4. The monoisotopic (exact) mass is 548 g/mol. The third kappa shape index (κ3) is 6.98. The van der Waals surface area contributed by atoms with Gasteiger partial charge in [0.2, 0.25) is 10.0 Å². The molecule has 2 aliphatic rings. The van der Waals surface area contributed by atoms with Gasteiger partial charge in [0, 0.05) is 11.3 Å². The van der Waals surface area contributed by atoms with Crippen LogP contribution in [-0.4, -0.2) is 31.2 Å². The second-order valence-electron chi connectivity index (χ2n) is 10.8. The fourth-order valence-electron chi connectivity index (χ4n) is 4.74. The molecule has 0 unspecified atom stereocenters. The third-order valence-corrected chi connectivity index (χ3v) is 9.20. The van der Waals surface area contributed by atoms with Crippen LogP contribution < -0.4 is 15.0 Å². The van der Waals surface area contributed by atoms with E-state index in [1.807, 2.05) is 48.5 Å². The molecular weight excluding hydrogens is 512 g/mol. The van der Waals surface area contributed by atoms with Crippen LogP contribution >= 0.6 is 0 Å². The Labute approximate surface area is 230 Å². The molecule has 206 valence electrons. The summed E-state index contributed by atoms with van der Waals surface area (Å²) >= 11 is 0. The molecule has 0 bridgehead atoms. The van der Waals surface area contributed by atoms with E-state index in [9.17, 15) is 18.0 Å². The van der Waals surface area contributed by atoms with E-state index >= 15 is 0 Å². The third-order valence-electron chi connectivity index (χ3n) is 7.38. The average Bonchev–Trinajstić information content (AvgIpc) is 3.83. The van der Waals surface area contributed by atoms with Crippen LogP contribution in [0.25, 0.3) is 22.4 Å². The summed E-state index contributed by atoms with van der Waals surface area (Å²) in [5.41, 5.74) is 2.74. The van der Waals surface area contributed by atoms with Crippen molar-refractivity contribution in [2.75, 3.05) is 6.61 Å². The van der Waals surface area contributed by atoms with Gasteiger partial charge in [-0.15, -0.1) is 0 Å². The van der Waals surface area contributed by atoms with Gasteiger partial charge in [-0.25, -0.2) is 13.1 Å². The molecule has 8 heteroatoms. The Hall–Kier alpha value is -3.39. The zero-order valence-corrected chi connectivity index (χ0v) is 23.2. The molecule has 2 saturated carbocycles. The molecule has 0 atom stereocenters. The highest BCUT2D eigenvalue weighted by atomic mass is 32.2. The Balaban J connectivity index is 1.44. The Bertz CT molecular complexity index is 1470. The number of aromatic amines is 1. The zero-order chi connectivity index (χ0) is 27.4. The van der Waals surface area contributed by atoms with Gasteiger partial charge >= 0.3 is 0 Å². The largest absolute Gasteiger partial charge is 0.494 e. The number of aromatic nitrogens is 1. The van der Waals surface area contributed by atoms with Crippen molar-refractivity contribution in [1.82, 2.24) is 9.71 Å². The number of carbonyl (C=O) groups is 1. The summed E-state index contributed by atoms with van der Waals surface area (Å²) in [5, 5.41) is -0.572. The topological polar surface area (TPSA) is 105 Å². The minimum absolute atomic E-state index is 0.204. The summed E-state index contributed by atoms with van der Waals surface area (Å²) in [7, 11) is -3.81. The van der Waals surface area contributed by atoms with Gasteiger partial charge in [0.05, 0.1) is 11.9 Å². The minimum atomic E-state index is -3.81. The number of hydrogen-bond donors (Lipinski definition) is 2. The summed E-state index contributed by atoms with van der Waals surface area (Å²) in [6.07, 6.45) is 9.08. The molecule has 39 heavy (non-hydrogen) atoms.